The van der Waals surface area contributed by atoms with Gasteiger partial charge in [-0.2, -0.15) is 9.29 Å². The van der Waals surface area contributed by atoms with Crippen LogP contribution in [-0.4, -0.2) is 54.7 Å². The predicted molar refractivity (Wildman–Crippen MR) is 114 cm³/mol. The molecule has 1 aromatic carbocycles. The summed E-state index contributed by atoms with van der Waals surface area (Å²) >= 11 is 0. The standard InChI is InChI=1S/C22H26N4O4S/c1-29-14-11-22(21-24-20(30-25-21)17-8-9-17)10-4-13-26(15-22)31(27,28)18-7-2-5-16-6-3-12-23-19(16)18/h2-3,5-7,12,17H,4,8-11,13-15H2,1H3. The summed E-state index contributed by atoms with van der Waals surface area (Å²) in [5.41, 5.74) is -0.0376. The Morgan fingerprint density at radius 1 is 1.26 bits per heavy atom. The van der Waals surface area contributed by atoms with E-state index in [0.29, 0.717) is 55.7 Å². The van der Waals surface area contributed by atoms with Crippen LogP contribution in [0.15, 0.2) is 45.9 Å². The number of hydrogen-bond acceptors (Lipinski definition) is 7. The molecule has 1 aliphatic heterocycles. The number of para-hydroxylation sites is 1. The molecule has 1 saturated carbocycles. The summed E-state index contributed by atoms with van der Waals surface area (Å²) in [5, 5.41) is 5.09. The Morgan fingerprint density at radius 2 is 2.10 bits per heavy atom. The fourth-order valence-electron chi connectivity index (χ4n) is 4.46. The van der Waals surface area contributed by atoms with Crippen LogP contribution >= 0.6 is 0 Å². The van der Waals surface area contributed by atoms with Gasteiger partial charge >= 0.3 is 0 Å². The average Bonchev–Trinajstić information content (AvgIpc) is 3.53. The van der Waals surface area contributed by atoms with Crippen molar-refractivity contribution in [2.45, 2.75) is 48.3 Å². The maximum atomic E-state index is 13.7. The van der Waals surface area contributed by atoms with Gasteiger partial charge in [-0.25, -0.2) is 8.42 Å². The van der Waals surface area contributed by atoms with Crippen molar-refractivity contribution in [3.63, 3.8) is 0 Å². The highest BCUT2D eigenvalue weighted by atomic mass is 32.2. The molecule has 0 N–H and O–H groups in total. The number of sulfonamides is 1. The first kappa shape index (κ1) is 20.5. The predicted octanol–water partition coefficient (Wildman–Crippen LogP) is 3.25. The third-order valence-electron chi connectivity index (χ3n) is 6.38. The van der Waals surface area contributed by atoms with E-state index in [-0.39, 0.29) is 4.90 Å². The van der Waals surface area contributed by atoms with Gasteiger partial charge in [-0.05, 0) is 44.2 Å². The highest BCUT2D eigenvalue weighted by molar-refractivity contribution is 7.89. The van der Waals surface area contributed by atoms with Gasteiger partial charge in [0.15, 0.2) is 5.82 Å². The number of benzene rings is 1. The normalized spacial score (nSPS) is 22.7. The van der Waals surface area contributed by atoms with E-state index in [1.807, 2.05) is 18.2 Å². The first-order chi connectivity index (χ1) is 15.0. The van der Waals surface area contributed by atoms with Crippen LogP contribution in [0.1, 0.15) is 49.7 Å². The number of ether oxygens (including phenoxy) is 1. The van der Waals surface area contributed by atoms with Gasteiger partial charge in [0.05, 0.1) is 5.52 Å². The Kier molecular flexibility index (Phi) is 5.27. The van der Waals surface area contributed by atoms with Crippen molar-refractivity contribution in [3.8, 4) is 0 Å². The molecule has 31 heavy (non-hydrogen) atoms. The van der Waals surface area contributed by atoms with Crippen molar-refractivity contribution >= 4 is 20.9 Å². The molecule has 1 saturated heterocycles. The Morgan fingerprint density at radius 3 is 2.90 bits per heavy atom. The van der Waals surface area contributed by atoms with E-state index in [1.54, 1.807) is 29.7 Å². The lowest BCUT2D eigenvalue weighted by molar-refractivity contribution is 0.128. The van der Waals surface area contributed by atoms with Crippen LogP contribution in [0.4, 0.5) is 0 Å². The number of nitrogens with zero attached hydrogens (tertiary/aromatic N) is 4. The summed E-state index contributed by atoms with van der Waals surface area (Å²) in [6, 6.07) is 8.96. The zero-order valence-electron chi connectivity index (χ0n) is 17.5. The van der Waals surface area contributed by atoms with Crippen molar-refractivity contribution in [2.24, 2.45) is 0 Å². The highest BCUT2D eigenvalue weighted by Gasteiger charge is 2.45. The van der Waals surface area contributed by atoms with Crippen molar-refractivity contribution in [3.05, 3.63) is 48.2 Å². The smallest absolute Gasteiger partial charge is 0.245 e. The zero-order chi connectivity index (χ0) is 21.5. The van der Waals surface area contributed by atoms with Crippen LogP contribution < -0.4 is 0 Å². The van der Waals surface area contributed by atoms with Gasteiger partial charge in [-0.1, -0.05) is 23.4 Å². The van der Waals surface area contributed by atoms with Crippen LogP contribution in [0, 0.1) is 0 Å². The summed E-state index contributed by atoms with van der Waals surface area (Å²) in [5.74, 6) is 1.62. The lowest BCUT2D eigenvalue weighted by Crippen LogP contribution is -2.49. The van der Waals surface area contributed by atoms with Crippen LogP contribution in [0.2, 0.25) is 0 Å². The van der Waals surface area contributed by atoms with Crippen LogP contribution in [0.25, 0.3) is 10.9 Å². The molecule has 3 heterocycles. The number of hydrogen-bond donors (Lipinski definition) is 0. The van der Waals surface area contributed by atoms with Crippen molar-refractivity contribution in [1.82, 2.24) is 19.4 Å². The molecule has 0 radical (unpaired) electrons. The van der Waals surface area contributed by atoms with E-state index in [0.717, 1.165) is 24.6 Å². The number of pyridine rings is 1. The SMILES string of the molecule is COCCC1(c2noc(C3CC3)n2)CCCN(S(=O)(=O)c2cccc3cccnc23)C1. The minimum Gasteiger partial charge on any atom is -0.385 e. The number of aromatic nitrogens is 3. The second-order valence-corrected chi connectivity index (χ2v) is 10.4. The van der Waals surface area contributed by atoms with E-state index >= 15 is 0 Å². The summed E-state index contributed by atoms with van der Waals surface area (Å²) in [6.45, 7) is 1.25. The van der Waals surface area contributed by atoms with Gasteiger partial charge in [0.25, 0.3) is 0 Å². The Balaban J connectivity index is 1.51. The topological polar surface area (TPSA) is 98.4 Å². The lowest BCUT2D eigenvalue weighted by atomic mass is 9.77. The Hall–Kier alpha value is -2.36. The fraction of sp³-hybridized carbons (Fsp3) is 0.500. The average molecular weight is 443 g/mol. The van der Waals surface area contributed by atoms with Gasteiger partial charge in [-0.15, -0.1) is 0 Å². The minimum atomic E-state index is -3.75. The molecule has 1 unspecified atom stereocenters. The zero-order valence-corrected chi connectivity index (χ0v) is 18.3. The first-order valence-electron chi connectivity index (χ1n) is 10.7. The van der Waals surface area contributed by atoms with Crippen LogP contribution in [0.3, 0.4) is 0 Å². The van der Waals surface area contributed by atoms with Gasteiger partial charge in [0, 0.05) is 49.7 Å². The molecule has 0 spiro atoms. The number of rotatable bonds is 7. The molecule has 0 bridgehead atoms. The van der Waals surface area contributed by atoms with E-state index in [4.69, 9.17) is 14.2 Å². The quantitative estimate of drug-likeness (QED) is 0.554. The minimum absolute atomic E-state index is 0.236. The molecule has 3 aromatic rings. The highest BCUT2D eigenvalue weighted by Crippen LogP contribution is 2.42. The number of fused-ring (bicyclic) bond motifs is 1. The van der Waals surface area contributed by atoms with Crippen molar-refractivity contribution in [1.29, 1.82) is 0 Å². The van der Waals surface area contributed by atoms with E-state index in [2.05, 4.69) is 10.1 Å². The molecule has 1 aliphatic carbocycles. The van der Waals surface area contributed by atoms with E-state index in [1.165, 1.54) is 0 Å². The molecule has 164 valence electrons. The van der Waals surface area contributed by atoms with Crippen molar-refractivity contribution in [2.75, 3.05) is 26.8 Å². The summed E-state index contributed by atoms with van der Waals surface area (Å²) in [7, 11) is -2.09. The molecule has 2 fully saturated rings. The maximum Gasteiger partial charge on any atom is 0.245 e. The van der Waals surface area contributed by atoms with E-state index in [9.17, 15) is 8.42 Å². The second-order valence-electron chi connectivity index (χ2n) is 8.53. The first-order valence-corrected chi connectivity index (χ1v) is 12.1. The largest absolute Gasteiger partial charge is 0.385 e. The molecular formula is C22H26N4O4S. The van der Waals surface area contributed by atoms with Crippen LogP contribution in [0.5, 0.6) is 0 Å². The Labute approximate surface area is 181 Å². The molecule has 8 nitrogen and oxygen atoms in total. The second kappa shape index (κ2) is 7.96. The summed E-state index contributed by atoms with van der Waals surface area (Å²) < 4.78 is 39.9. The van der Waals surface area contributed by atoms with Crippen LogP contribution in [-0.2, 0) is 20.2 Å². The van der Waals surface area contributed by atoms with E-state index < -0.39 is 15.4 Å². The van der Waals surface area contributed by atoms with Gasteiger partial charge < -0.3 is 9.26 Å². The van der Waals surface area contributed by atoms with Crippen molar-refractivity contribution < 1.29 is 17.7 Å². The molecule has 2 aromatic heterocycles. The molecule has 2 aliphatic rings. The lowest BCUT2D eigenvalue weighted by Gasteiger charge is -2.40. The molecular weight excluding hydrogens is 416 g/mol. The maximum absolute atomic E-state index is 13.7. The van der Waals surface area contributed by atoms with Gasteiger partial charge in [0.1, 0.15) is 4.90 Å². The number of piperidine rings is 1. The Bertz CT molecular complexity index is 1190. The van der Waals surface area contributed by atoms with Gasteiger partial charge in [0.2, 0.25) is 15.9 Å². The summed E-state index contributed by atoms with van der Waals surface area (Å²) in [4.78, 5) is 9.28. The third kappa shape index (κ3) is 3.75. The third-order valence-corrected chi connectivity index (χ3v) is 8.26. The summed E-state index contributed by atoms with van der Waals surface area (Å²) in [6.07, 6.45) is 5.91. The molecule has 0 amide bonds. The molecule has 1 atom stereocenters. The monoisotopic (exact) mass is 442 g/mol. The molecule has 9 heteroatoms. The number of methoxy groups -OCH3 is 1. The fourth-order valence-corrected chi connectivity index (χ4v) is 6.19. The molecule has 5 rings (SSSR count). The van der Waals surface area contributed by atoms with Gasteiger partial charge in [-0.3, -0.25) is 4.98 Å².